The molecule has 41 heavy (non-hydrogen) atoms. The number of thiocarbonyl (C=S) groups is 1. The van der Waals surface area contributed by atoms with E-state index in [-0.39, 0.29) is 11.0 Å². The van der Waals surface area contributed by atoms with Crippen LogP contribution in [-0.4, -0.2) is 42.1 Å². The van der Waals surface area contributed by atoms with Crippen molar-refractivity contribution in [2.45, 2.75) is 13.5 Å². The monoisotopic (exact) mass is 604 g/mol. The number of anilines is 2. The summed E-state index contributed by atoms with van der Waals surface area (Å²) in [4.78, 5) is 17.2. The highest BCUT2D eigenvalue weighted by Crippen LogP contribution is 2.27. The van der Waals surface area contributed by atoms with Gasteiger partial charge in [-0.25, -0.2) is 0 Å². The maximum Gasteiger partial charge on any atom is 0.250 e. The van der Waals surface area contributed by atoms with E-state index in [1.807, 2.05) is 61.5 Å². The predicted molar refractivity (Wildman–Crippen MR) is 173 cm³/mol. The topological polar surface area (TPSA) is 60.8 Å². The van der Waals surface area contributed by atoms with E-state index < -0.39 is 0 Å². The highest BCUT2D eigenvalue weighted by molar-refractivity contribution is 7.80. The first kappa shape index (κ1) is 28.9. The van der Waals surface area contributed by atoms with Crippen molar-refractivity contribution >= 4 is 63.9 Å². The molecule has 2 N–H and O–H groups in total. The minimum Gasteiger partial charge on any atom is -0.457 e. The van der Waals surface area contributed by atoms with E-state index >= 15 is 0 Å². The fourth-order valence-electron chi connectivity index (χ4n) is 4.60. The molecular formula is C32H30Cl2N4O2S. The Morgan fingerprint density at radius 2 is 1.71 bits per heavy atom. The standard InChI is InChI=1S/C32H30Cl2N4O2S/c1-22-6-7-23(20-29(22)34)30-14-12-27(40-30)13-15-31(39)36-32(41)35-25-8-10-26(11-9-25)38-18-16-37(17-19-38)21-24-4-2-3-5-28(24)33/h2-15,20H,16-19,21H2,1H3,(H2,35,36,39,41)/b15-13+. The summed E-state index contributed by atoms with van der Waals surface area (Å²) in [6.45, 7) is 6.62. The molecule has 0 spiro atoms. The predicted octanol–water partition coefficient (Wildman–Crippen LogP) is 7.41. The number of halogens is 2. The summed E-state index contributed by atoms with van der Waals surface area (Å²) >= 11 is 17.9. The SMILES string of the molecule is Cc1ccc(-c2ccc(/C=C/C(=O)NC(=S)Nc3ccc(N4CCN(Cc5ccccc5Cl)CC4)cc3)o2)cc1Cl. The quantitative estimate of drug-likeness (QED) is 0.169. The van der Waals surface area contributed by atoms with Gasteiger partial charge in [0.2, 0.25) is 5.91 Å². The lowest BCUT2D eigenvalue weighted by molar-refractivity contribution is -0.115. The summed E-state index contributed by atoms with van der Waals surface area (Å²) in [6.07, 6.45) is 2.98. The Kier molecular flexibility index (Phi) is 9.42. The number of nitrogens with one attached hydrogen (secondary N) is 2. The van der Waals surface area contributed by atoms with Crippen LogP contribution in [0.5, 0.6) is 0 Å². The largest absolute Gasteiger partial charge is 0.457 e. The number of hydrogen-bond donors (Lipinski definition) is 2. The van der Waals surface area contributed by atoms with Crippen molar-refractivity contribution in [3.8, 4) is 11.3 Å². The summed E-state index contributed by atoms with van der Waals surface area (Å²) < 4.78 is 5.83. The summed E-state index contributed by atoms with van der Waals surface area (Å²) in [7, 11) is 0. The third-order valence-electron chi connectivity index (χ3n) is 6.93. The zero-order valence-electron chi connectivity index (χ0n) is 22.6. The molecule has 0 saturated carbocycles. The van der Waals surface area contributed by atoms with Crippen LogP contribution >= 0.6 is 35.4 Å². The normalized spacial score (nSPS) is 13.9. The molecule has 1 aromatic heterocycles. The Balaban J connectivity index is 1.07. The summed E-state index contributed by atoms with van der Waals surface area (Å²) in [5.41, 5.74) is 4.98. The lowest BCUT2D eigenvalue weighted by Gasteiger charge is -2.36. The maximum atomic E-state index is 12.4. The van der Waals surface area contributed by atoms with Crippen molar-refractivity contribution in [2.24, 2.45) is 0 Å². The molecule has 1 aliphatic heterocycles. The molecule has 0 unspecified atom stereocenters. The van der Waals surface area contributed by atoms with Crippen LogP contribution in [0.2, 0.25) is 10.0 Å². The van der Waals surface area contributed by atoms with Gasteiger partial charge < -0.3 is 14.6 Å². The number of furan rings is 1. The number of rotatable bonds is 7. The number of benzene rings is 3. The molecule has 1 aliphatic rings. The highest BCUT2D eigenvalue weighted by atomic mass is 35.5. The minimum absolute atomic E-state index is 0.218. The van der Waals surface area contributed by atoms with E-state index in [1.54, 1.807) is 12.1 Å². The second-order valence-electron chi connectivity index (χ2n) is 9.84. The zero-order chi connectivity index (χ0) is 28.8. The van der Waals surface area contributed by atoms with Crippen LogP contribution in [0.25, 0.3) is 17.4 Å². The van der Waals surface area contributed by atoms with Crippen molar-refractivity contribution in [2.75, 3.05) is 36.4 Å². The van der Waals surface area contributed by atoms with Gasteiger partial charge in [0.05, 0.1) is 0 Å². The number of nitrogens with zero attached hydrogens (tertiary/aromatic N) is 2. The fraction of sp³-hybridized carbons (Fsp3) is 0.188. The molecule has 0 aliphatic carbocycles. The summed E-state index contributed by atoms with van der Waals surface area (Å²) in [5, 5.41) is 7.45. The summed E-state index contributed by atoms with van der Waals surface area (Å²) in [6, 6.07) is 25.4. The first-order valence-electron chi connectivity index (χ1n) is 13.3. The molecule has 0 radical (unpaired) electrons. The minimum atomic E-state index is -0.356. The van der Waals surface area contributed by atoms with Gasteiger partial charge in [-0.1, -0.05) is 53.5 Å². The van der Waals surface area contributed by atoms with Crippen LogP contribution < -0.4 is 15.5 Å². The van der Waals surface area contributed by atoms with Crippen molar-refractivity contribution in [1.29, 1.82) is 0 Å². The third kappa shape index (κ3) is 7.77. The smallest absolute Gasteiger partial charge is 0.250 e. The van der Waals surface area contributed by atoms with Gasteiger partial charge in [0.25, 0.3) is 0 Å². The molecule has 4 aromatic rings. The van der Waals surface area contributed by atoms with Gasteiger partial charge in [0.1, 0.15) is 11.5 Å². The molecular weight excluding hydrogens is 575 g/mol. The van der Waals surface area contributed by atoms with Crippen molar-refractivity contribution in [3.05, 3.63) is 112 Å². The van der Waals surface area contributed by atoms with E-state index in [0.29, 0.717) is 16.5 Å². The van der Waals surface area contributed by atoms with Crippen LogP contribution in [0.3, 0.4) is 0 Å². The molecule has 3 aromatic carbocycles. The summed E-state index contributed by atoms with van der Waals surface area (Å²) in [5.74, 6) is 0.864. The lowest BCUT2D eigenvalue weighted by atomic mass is 10.1. The van der Waals surface area contributed by atoms with Gasteiger partial charge in [-0.15, -0.1) is 0 Å². The van der Waals surface area contributed by atoms with E-state index in [1.165, 1.54) is 6.08 Å². The average molecular weight is 606 g/mol. The van der Waals surface area contributed by atoms with Gasteiger partial charge in [0, 0.05) is 65.8 Å². The molecule has 1 fully saturated rings. The molecule has 5 rings (SSSR count). The van der Waals surface area contributed by atoms with Gasteiger partial charge in [-0.3, -0.25) is 15.0 Å². The Morgan fingerprint density at radius 1 is 0.951 bits per heavy atom. The molecule has 0 bridgehead atoms. The van der Waals surface area contributed by atoms with Gasteiger partial charge in [-0.05, 0) is 84.9 Å². The Labute approximate surface area is 255 Å². The van der Waals surface area contributed by atoms with Gasteiger partial charge in [-0.2, -0.15) is 0 Å². The van der Waals surface area contributed by atoms with Crippen LogP contribution in [0.4, 0.5) is 11.4 Å². The van der Waals surface area contributed by atoms with Gasteiger partial charge in [0.15, 0.2) is 5.11 Å². The van der Waals surface area contributed by atoms with Gasteiger partial charge >= 0.3 is 0 Å². The Hall–Kier alpha value is -3.62. The number of carbonyl (C=O) groups excluding carboxylic acids is 1. The fourth-order valence-corrected chi connectivity index (χ4v) is 5.20. The van der Waals surface area contributed by atoms with E-state index in [0.717, 1.165) is 65.8 Å². The molecule has 1 amide bonds. The Morgan fingerprint density at radius 3 is 2.44 bits per heavy atom. The molecule has 0 atom stereocenters. The van der Waals surface area contributed by atoms with E-state index in [9.17, 15) is 4.79 Å². The number of aryl methyl sites for hydroxylation is 1. The average Bonchev–Trinajstić information content (AvgIpc) is 3.45. The van der Waals surface area contributed by atoms with Crippen LogP contribution in [0, 0.1) is 6.92 Å². The molecule has 210 valence electrons. The second-order valence-corrected chi connectivity index (χ2v) is 11.1. The lowest BCUT2D eigenvalue weighted by Crippen LogP contribution is -2.46. The van der Waals surface area contributed by atoms with E-state index in [2.05, 4.69) is 38.6 Å². The highest BCUT2D eigenvalue weighted by Gasteiger charge is 2.18. The first-order valence-corrected chi connectivity index (χ1v) is 14.5. The van der Waals surface area contributed by atoms with Crippen LogP contribution in [0.1, 0.15) is 16.9 Å². The molecule has 6 nitrogen and oxygen atoms in total. The molecule has 2 heterocycles. The van der Waals surface area contributed by atoms with Crippen molar-refractivity contribution < 1.29 is 9.21 Å². The number of piperazine rings is 1. The maximum absolute atomic E-state index is 12.4. The van der Waals surface area contributed by atoms with Crippen molar-refractivity contribution in [1.82, 2.24) is 10.2 Å². The first-order chi connectivity index (χ1) is 19.8. The third-order valence-corrected chi connectivity index (χ3v) is 7.91. The Bertz CT molecular complexity index is 1560. The molecule has 9 heteroatoms. The van der Waals surface area contributed by atoms with Crippen LogP contribution in [0.15, 0.2) is 89.4 Å². The van der Waals surface area contributed by atoms with E-state index in [4.69, 9.17) is 39.8 Å². The number of carbonyl (C=O) groups is 1. The number of amides is 1. The van der Waals surface area contributed by atoms with Crippen LogP contribution in [-0.2, 0) is 11.3 Å². The second kappa shape index (κ2) is 13.4. The molecule has 1 saturated heterocycles. The zero-order valence-corrected chi connectivity index (χ0v) is 24.9. The number of hydrogen-bond acceptors (Lipinski definition) is 5. The van der Waals surface area contributed by atoms with Crippen molar-refractivity contribution in [3.63, 3.8) is 0 Å².